The zero-order valence-corrected chi connectivity index (χ0v) is 8.79. The van der Waals surface area contributed by atoms with Gasteiger partial charge in [-0.3, -0.25) is 9.78 Å². The molecule has 1 amide bonds. The summed E-state index contributed by atoms with van der Waals surface area (Å²) >= 11 is 0. The van der Waals surface area contributed by atoms with Crippen LogP contribution in [0.3, 0.4) is 0 Å². The van der Waals surface area contributed by atoms with Crippen molar-refractivity contribution in [2.75, 3.05) is 18.4 Å². The number of pyridine rings is 1. The molecular formula is C11H15N3O. The van der Waals surface area contributed by atoms with E-state index < -0.39 is 0 Å². The van der Waals surface area contributed by atoms with Crippen LogP contribution in [0.5, 0.6) is 0 Å². The van der Waals surface area contributed by atoms with Crippen molar-refractivity contribution in [2.45, 2.75) is 13.3 Å². The largest absolute Gasteiger partial charge is 0.324 e. The van der Waals surface area contributed by atoms with E-state index in [1.165, 1.54) is 0 Å². The number of aromatic nitrogens is 1. The molecule has 1 aliphatic rings. The van der Waals surface area contributed by atoms with Gasteiger partial charge in [0.1, 0.15) is 0 Å². The molecule has 15 heavy (non-hydrogen) atoms. The summed E-state index contributed by atoms with van der Waals surface area (Å²) in [6, 6.07) is 3.77. The minimum Gasteiger partial charge on any atom is -0.324 e. The van der Waals surface area contributed by atoms with Gasteiger partial charge in [0.2, 0.25) is 5.91 Å². The summed E-state index contributed by atoms with van der Waals surface area (Å²) < 4.78 is 0. The average Bonchev–Trinajstić information content (AvgIpc) is 2.74. The lowest BCUT2D eigenvalue weighted by Crippen LogP contribution is -2.24. The number of aryl methyl sites for hydroxylation is 1. The van der Waals surface area contributed by atoms with E-state index in [0.29, 0.717) is 0 Å². The number of amides is 1. The Labute approximate surface area is 89.1 Å². The van der Waals surface area contributed by atoms with Gasteiger partial charge in [-0.1, -0.05) is 0 Å². The number of anilines is 1. The van der Waals surface area contributed by atoms with E-state index in [1.54, 1.807) is 6.20 Å². The minimum absolute atomic E-state index is 0.0886. The monoisotopic (exact) mass is 205 g/mol. The molecule has 80 valence electrons. The Morgan fingerprint density at radius 3 is 3.07 bits per heavy atom. The van der Waals surface area contributed by atoms with Crippen molar-refractivity contribution in [2.24, 2.45) is 5.92 Å². The number of hydrogen-bond acceptors (Lipinski definition) is 3. The smallest absolute Gasteiger partial charge is 0.228 e. The normalized spacial score (nSPS) is 20.2. The Kier molecular flexibility index (Phi) is 2.97. The first-order valence-corrected chi connectivity index (χ1v) is 5.20. The minimum atomic E-state index is 0.0886. The fourth-order valence-electron chi connectivity index (χ4n) is 1.66. The van der Waals surface area contributed by atoms with Gasteiger partial charge in [-0.05, 0) is 32.0 Å². The molecule has 0 radical (unpaired) electrons. The lowest BCUT2D eigenvalue weighted by molar-refractivity contribution is -0.119. The molecule has 0 aliphatic carbocycles. The molecule has 1 atom stereocenters. The first-order chi connectivity index (χ1) is 7.25. The van der Waals surface area contributed by atoms with E-state index in [0.717, 1.165) is 30.9 Å². The standard InChI is InChI=1S/C11H15N3O/c1-8-2-3-10(7-13-8)14-11(15)9-4-5-12-6-9/h2-3,7,9,12H,4-6H2,1H3,(H,14,15). The van der Waals surface area contributed by atoms with E-state index in [1.807, 2.05) is 19.1 Å². The molecular weight excluding hydrogens is 190 g/mol. The number of carbonyl (C=O) groups is 1. The van der Waals surface area contributed by atoms with Crippen molar-refractivity contribution in [1.29, 1.82) is 0 Å². The first-order valence-electron chi connectivity index (χ1n) is 5.20. The summed E-state index contributed by atoms with van der Waals surface area (Å²) in [6.45, 7) is 3.64. The second kappa shape index (κ2) is 4.40. The van der Waals surface area contributed by atoms with Crippen molar-refractivity contribution in [1.82, 2.24) is 10.3 Å². The Bertz CT molecular complexity index is 341. The zero-order valence-electron chi connectivity index (χ0n) is 8.79. The van der Waals surface area contributed by atoms with E-state index in [-0.39, 0.29) is 11.8 Å². The van der Waals surface area contributed by atoms with Gasteiger partial charge >= 0.3 is 0 Å². The highest BCUT2D eigenvalue weighted by Gasteiger charge is 2.22. The average molecular weight is 205 g/mol. The molecule has 1 saturated heterocycles. The van der Waals surface area contributed by atoms with Crippen LogP contribution in [0, 0.1) is 12.8 Å². The second-order valence-corrected chi connectivity index (χ2v) is 3.87. The van der Waals surface area contributed by atoms with Gasteiger partial charge in [-0.15, -0.1) is 0 Å². The molecule has 2 heterocycles. The molecule has 4 heteroatoms. The number of nitrogens with zero attached hydrogens (tertiary/aromatic N) is 1. The topological polar surface area (TPSA) is 54.0 Å². The molecule has 1 fully saturated rings. The molecule has 2 N–H and O–H groups in total. The number of nitrogens with one attached hydrogen (secondary N) is 2. The number of rotatable bonds is 2. The summed E-state index contributed by atoms with van der Waals surface area (Å²) in [5, 5.41) is 6.04. The molecule has 2 rings (SSSR count). The highest BCUT2D eigenvalue weighted by molar-refractivity contribution is 5.92. The maximum Gasteiger partial charge on any atom is 0.228 e. The molecule has 0 bridgehead atoms. The Morgan fingerprint density at radius 1 is 1.60 bits per heavy atom. The number of carbonyl (C=O) groups excluding carboxylic acids is 1. The van der Waals surface area contributed by atoms with Crippen LogP contribution in [0.1, 0.15) is 12.1 Å². The van der Waals surface area contributed by atoms with Crippen molar-refractivity contribution in [3.63, 3.8) is 0 Å². The molecule has 4 nitrogen and oxygen atoms in total. The van der Waals surface area contributed by atoms with Crippen LogP contribution in [0.2, 0.25) is 0 Å². The quantitative estimate of drug-likeness (QED) is 0.755. The summed E-state index contributed by atoms with van der Waals surface area (Å²) in [5.74, 6) is 0.192. The van der Waals surface area contributed by atoms with E-state index in [9.17, 15) is 4.79 Å². The summed E-state index contributed by atoms with van der Waals surface area (Å²) in [4.78, 5) is 15.8. The Balaban J connectivity index is 1.96. The van der Waals surface area contributed by atoms with Crippen LogP contribution in [0.4, 0.5) is 5.69 Å². The van der Waals surface area contributed by atoms with Crippen molar-refractivity contribution >= 4 is 11.6 Å². The highest BCUT2D eigenvalue weighted by atomic mass is 16.1. The predicted molar refractivity (Wildman–Crippen MR) is 58.6 cm³/mol. The summed E-state index contributed by atoms with van der Waals surface area (Å²) in [6.07, 6.45) is 2.61. The van der Waals surface area contributed by atoms with Gasteiger partial charge in [0.25, 0.3) is 0 Å². The molecule has 1 aliphatic heterocycles. The van der Waals surface area contributed by atoms with E-state index in [4.69, 9.17) is 0 Å². The molecule has 1 aromatic heterocycles. The van der Waals surface area contributed by atoms with E-state index in [2.05, 4.69) is 15.6 Å². The SMILES string of the molecule is Cc1ccc(NC(=O)C2CCNC2)cn1. The van der Waals surface area contributed by atoms with Gasteiger partial charge < -0.3 is 10.6 Å². The maximum absolute atomic E-state index is 11.7. The molecule has 0 saturated carbocycles. The zero-order chi connectivity index (χ0) is 10.7. The van der Waals surface area contributed by atoms with Crippen molar-refractivity contribution < 1.29 is 4.79 Å². The summed E-state index contributed by atoms with van der Waals surface area (Å²) in [7, 11) is 0. The molecule has 1 aromatic rings. The van der Waals surface area contributed by atoms with Crippen LogP contribution < -0.4 is 10.6 Å². The van der Waals surface area contributed by atoms with Crippen LogP contribution >= 0.6 is 0 Å². The first kappa shape index (κ1) is 10.1. The van der Waals surface area contributed by atoms with Crippen LogP contribution in [-0.4, -0.2) is 24.0 Å². The fraction of sp³-hybridized carbons (Fsp3) is 0.455. The fourth-order valence-corrected chi connectivity index (χ4v) is 1.66. The van der Waals surface area contributed by atoms with Gasteiger partial charge in [0.15, 0.2) is 0 Å². The molecule has 0 spiro atoms. The van der Waals surface area contributed by atoms with Crippen LogP contribution in [-0.2, 0) is 4.79 Å². The van der Waals surface area contributed by atoms with Crippen molar-refractivity contribution in [3.8, 4) is 0 Å². The van der Waals surface area contributed by atoms with Crippen molar-refractivity contribution in [3.05, 3.63) is 24.0 Å². The van der Waals surface area contributed by atoms with Gasteiger partial charge in [-0.25, -0.2) is 0 Å². The lowest BCUT2D eigenvalue weighted by Gasteiger charge is -2.09. The van der Waals surface area contributed by atoms with Crippen LogP contribution in [0.15, 0.2) is 18.3 Å². The maximum atomic E-state index is 11.7. The molecule has 0 aromatic carbocycles. The third kappa shape index (κ3) is 2.53. The lowest BCUT2D eigenvalue weighted by atomic mass is 10.1. The van der Waals surface area contributed by atoms with Gasteiger partial charge in [-0.2, -0.15) is 0 Å². The second-order valence-electron chi connectivity index (χ2n) is 3.87. The Hall–Kier alpha value is -1.42. The van der Waals surface area contributed by atoms with E-state index >= 15 is 0 Å². The summed E-state index contributed by atoms with van der Waals surface area (Å²) in [5.41, 5.74) is 1.73. The third-order valence-corrected chi connectivity index (χ3v) is 2.61. The Morgan fingerprint density at radius 2 is 2.47 bits per heavy atom. The highest BCUT2D eigenvalue weighted by Crippen LogP contribution is 2.12. The van der Waals surface area contributed by atoms with Gasteiger partial charge in [0, 0.05) is 12.2 Å². The number of hydrogen-bond donors (Lipinski definition) is 2. The molecule has 1 unspecified atom stereocenters. The van der Waals surface area contributed by atoms with Crippen LogP contribution in [0.25, 0.3) is 0 Å². The third-order valence-electron chi connectivity index (χ3n) is 2.61. The van der Waals surface area contributed by atoms with Gasteiger partial charge in [0.05, 0.1) is 17.8 Å². The predicted octanol–water partition coefficient (Wildman–Crippen LogP) is 0.938.